The van der Waals surface area contributed by atoms with Gasteiger partial charge in [-0.1, -0.05) is 12.5 Å². The summed E-state index contributed by atoms with van der Waals surface area (Å²) in [7, 11) is -3.87. The van der Waals surface area contributed by atoms with Crippen LogP contribution in [0.4, 0.5) is 14.5 Å². The topological polar surface area (TPSA) is 86.7 Å². The molecule has 156 valence electrons. The fraction of sp³-hybridized carbons (Fsp3) is 0.350. The molecule has 1 aliphatic heterocycles. The summed E-state index contributed by atoms with van der Waals surface area (Å²) in [5.74, 6) is -1.31. The summed E-state index contributed by atoms with van der Waals surface area (Å²) < 4.78 is 53.5. The van der Waals surface area contributed by atoms with Crippen LogP contribution < -0.4 is 5.32 Å². The van der Waals surface area contributed by atoms with Crippen molar-refractivity contribution < 1.29 is 27.1 Å². The number of amides is 1. The normalized spacial score (nSPS) is 17.8. The quantitative estimate of drug-likeness (QED) is 0.746. The van der Waals surface area contributed by atoms with E-state index >= 15 is 0 Å². The van der Waals surface area contributed by atoms with Crippen molar-refractivity contribution in [3.05, 3.63) is 59.4 Å². The monoisotopic (exact) mass is 424 g/mol. The molecule has 29 heavy (non-hydrogen) atoms. The second-order valence-electron chi connectivity index (χ2n) is 6.87. The number of sulfonamides is 1. The number of aliphatic hydroxyl groups is 1. The average Bonchev–Trinajstić information content (AvgIpc) is 2.75. The first-order valence-electron chi connectivity index (χ1n) is 9.25. The molecule has 1 fully saturated rings. The van der Waals surface area contributed by atoms with Crippen molar-refractivity contribution in [3.63, 3.8) is 0 Å². The van der Waals surface area contributed by atoms with Crippen LogP contribution in [0, 0.1) is 5.82 Å². The Morgan fingerprint density at radius 1 is 1.21 bits per heavy atom. The number of nitrogens with one attached hydrogen (secondary N) is 1. The Morgan fingerprint density at radius 3 is 2.72 bits per heavy atom. The lowest BCUT2D eigenvalue weighted by Crippen LogP contribution is -2.45. The van der Waals surface area contributed by atoms with Crippen LogP contribution in [0.3, 0.4) is 0 Å². The fourth-order valence-corrected chi connectivity index (χ4v) is 5.10. The minimum Gasteiger partial charge on any atom is -0.395 e. The van der Waals surface area contributed by atoms with Gasteiger partial charge in [0.25, 0.3) is 5.91 Å². The zero-order chi connectivity index (χ0) is 21.0. The number of alkyl halides is 1. The first-order chi connectivity index (χ1) is 13.9. The Bertz CT molecular complexity index is 998. The Balaban J connectivity index is 1.84. The zero-order valence-corrected chi connectivity index (χ0v) is 16.5. The molecule has 0 radical (unpaired) electrons. The van der Waals surface area contributed by atoms with Crippen molar-refractivity contribution in [2.24, 2.45) is 0 Å². The van der Waals surface area contributed by atoms with Crippen LogP contribution >= 0.6 is 0 Å². The largest absolute Gasteiger partial charge is 0.395 e. The van der Waals surface area contributed by atoms with Gasteiger partial charge in [-0.05, 0) is 49.2 Å². The summed E-state index contributed by atoms with van der Waals surface area (Å²) in [5, 5.41) is 12.0. The van der Waals surface area contributed by atoms with Crippen molar-refractivity contribution in [1.29, 1.82) is 0 Å². The van der Waals surface area contributed by atoms with Crippen LogP contribution in [0.25, 0.3) is 0 Å². The third-order valence-electron chi connectivity index (χ3n) is 4.93. The van der Waals surface area contributed by atoms with Gasteiger partial charge >= 0.3 is 0 Å². The molecule has 1 aliphatic rings. The Kier molecular flexibility index (Phi) is 6.61. The maximum Gasteiger partial charge on any atom is 0.255 e. The van der Waals surface area contributed by atoms with Gasteiger partial charge in [0.15, 0.2) is 0 Å². The molecular formula is C20H22F2N2O4S. The summed E-state index contributed by atoms with van der Waals surface area (Å²) in [6, 6.07) is 8.62. The SMILES string of the molecule is O=C(Nc1ccc(F)c(CF)c1)c1cccc(S(=O)(=O)N2CCCCC2CO)c1. The van der Waals surface area contributed by atoms with Crippen molar-refractivity contribution in [1.82, 2.24) is 4.31 Å². The van der Waals surface area contributed by atoms with Crippen LogP contribution in [0.15, 0.2) is 47.4 Å². The van der Waals surface area contributed by atoms with Gasteiger partial charge in [0.05, 0.1) is 11.5 Å². The lowest BCUT2D eigenvalue weighted by Gasteiger charge is -2.33. The van der Waals surface area contributed by atoms with Crippen molar-refractivity contribution >= 4 is 21.6 Å². The molecule has 0 bridgehead atoms. The highest BCUT2D eigenvalue weighted by Gasteiger charge is 2.33. The van der Waals surface area contributed by atoms with Crippen LogP contribution in [-0.2, 0) is 16.7 Å². The molecular weight excluding hydrogens is 402 g/mol. The average molecular weight is 424 g/mol. The maximum atomic E-state index is 13.4. The number of benzene rings is 2. The van der Waals surface area contributed by atoms with E-state index in [0.29, 0.717) is 19.4 Å². The van der Waals surface area contributed by atoms with E-state index in [0.717, 1.165) is 12.5 Å². The van der Waals surface area contributed by atoms with E-state index in [2.05, 4.69) is 5.32 Å². The molecule has 1 saturated heterocycles. The smallest absolute Gasteiger partial charge is 0.255 e. The predicted octanol–water partition coefficient (Wildman–Crippen LogP) is 3.08. The lowest BCUT2D eigenvalue weighted by molar-refractivity contribution is 0.102. The molecule has 0 aliphatic carbocycles. The number of halogens is 2. The highest BCUT2D eigenvalue weighted by Crippen LogP contribution is 2.26. The van der Waals surface area contributed by atoms with E-state index in [9.17, 15) is 27.1 Å². The number of hydrogen-bond donors (Lipinski definition) is 2. The van der Waals surface area contributed by atoms with Gasteiger partial charge in [-0.2, -0.15) is 4.31 Å². The first-order valence-corrected chi connectivity index (χ1v) is 10.7. The lowest BCUT2D eigenvalue weighted by atomic mass is 10.1. The molecule has 2 N–H and O–H groups in total. The second kappa shape index (κ2) is 8.98. The number of piperidine rings is 1. The molecule has 9 heteroatoms. The second-order valence-corrected chi connectivity index (χ2v) is 8.76. The van der Waals surface area contributed by atoms with E-state index in [1.807, 2.05) is 0 Å². The van der Waals surface area contributed by atoms with Crippen LogP contribution in [-0.4, -0.2) is 42.9 Å². The van der Waals surface area contributed by atoms with Gasteiger partial charge in [0.2, 0.25) is 10.0 Å². The van der Waals surface area contributed by atoms with Gasteiger partial charge < -0.3 is 10.4 Å². The van der Waals surface area contributed by atoms with E-state index in [-0.39, 0.29) is 28.3 Å². The van der Waals surface area contributed by atoms with Gasteiger partial charge in [-0.3, -0.25) is 4.79 Å². The fourth-order valence-electron chi connectivity index (χ4n) is 3.36. The van der Waals surface area contributed by atoms with Gasteiger partial charge in [-0.15, -0.1) is 0 Å². The van der Waals surface area contributed by atoms with Gasteiger partial charge in [0, 0.05) is 29.4 Å². The van der Waals surface area contributed by atoms with E-state index in [1.54, 1.807) is 0 Å². The zero-order valence-electron chi connectivity index (χ0n) is 15.6. The Hall–Kier alpha value is -2.36. The molecule has 3 rings (SSSR count). The van der Waals surface area contributed by atoms with E-state index < -0.39 is 34.5 Å². The molecule has 1 amide bonds. The number of aliphatic hydroxyl groups excluding tert-OH is 1. The molecule has 2 aromatic carbocycles. The summed E-state index contributed by atoms with van der Waals surface area (Å²) >= 11 is 0. The standard InChI is InChI=1S/C20H22F2N2O4S/c21-12-15-10-16(7-8-19(15)22)23-20(26)14-4-3-6-18(11-14)29(27,28)24-9-2-1-5-17(24)13-25/h3-4,6-8,10-11,17,25H,1-2,5,9,12-13H2,(H,23,26). The molecule has 1 heterocycles. The highest BCUT2D eigenvalue weighted by atomic mass is 32.2. The number of nitrogens with zero attached hydrogens (tertiary/aromatic N) is 1. The maximum absolute atomic E-state index is 13.4. The molecule has 0 saturated carbocycles. The molecule has 1 unspecified atom stereocenters. The number of carbonyl (C=O) groups excluding carboxylic acids is 1. The molecule has 0 spiro atoms. The Labute approximate surface area is 168 Å². The first kappa shape index (κ1) is 21.4. The summed E-state index contributed by atoms with van der Waals surface area (Å²) in [4.78, 5) is 12.5. The number of carbonyl (C=O) groups is 1. The summed E-state index contributed by atoms with van der Waals surface area (Å²) in [6.07, 6.45) is 2.13. The Morgan fingerprint density at radius 2 is 2.00 bits per heavy atom. The molecule has 6 nitrogen and oxygen atoms in total. The van der Waals surface area contributed by atoms with Gasteiger partial charge in [0.1, 0.15) is 12.5 Å². The number of rotatable bonds is 6. The third-order valence-corrected chi connectivity index (χ3v) is 6.88. The third kappa shape index (κ3) is 4.63. The van der Waals surface area contributed by atoms with Crippen LogP contribution in [0.5, 0.6) is 0 Å². The minimum absolute atomic E-state index is 0.0472. The highest BCUT2D eigenvalue weighted by molar-refractivity contribution is 7.89. The van der Waals surface area contributed by atoms with Crippen molar-refractivity contribution in [2.45, 2.75) is 36.9 Å². The summed E-state index contributed by atoms with van der Waals surface area (Å²) in [5.41, 5.74) is 0.114. The van der Waals surface area contributed by atoms with E-state index in [1.165, 1.54) is 40.7 Å². The molecule has 2 aromatic rings. The van der Waals surface area contributed by atoms with Crippen LogP contribution in [0.1, 0.15) is 35.2 Å². The van der Waals surface area contributed by atoms with E-state index in [4.69, 9.17) is 0 Å². The minimum atomic E-state index is -3.87. The van der Waals surface area contributed by atoms with Crippen molar-refractivity contribution in [2.75, 3.05) is 18.5 Å². The molecule has 0 aromatic heterocycles. The predicted molar refractivity (Wildman–Crippen MR) is 104 cm³/mol. The number of anilines is 1. The van der Waals surface area contributed by atoms with Crippen molar-refractivity contribution in [3.8, 4) is 0 Å². The molecule has 1 atom stereocenters. The van der Waals surface area contributed by atoms with Gasteiger partial charge in [-0.25, -0.2) is 17.2 Å². The summed E-state index contributed by atoms with van der Waals surface area (Å²) in [6.45, 7) is -0.961. The van der Waals surface area contributed by atoms with Crippen LogP contribution in [0.2, 0.25) is 0 Å². The number of hydrogen-bond acceptors (Lipinski definition) is 4.